The number of rotatable bonds is 47. The van der Waals surface area contributed by atoms with E-state index in [2.05, 4.69) is 55.6 Å². The highest BCUT2D eigenvalue weighted by atomic mass is 16.7. The number of nitrogens with one attached hydrogen (secondary N) is 1. The summed E-state index contributed by atoms with van der Waals surface area (Å²) in [7, 11) is 0. The summed E-state index contributed by atoms with van der Waals surface area (Å²) >= 11 is 0. The number of aliphatic hydroxyl groups excluding tert-OH is 7. The van der Waals surface area contributed by atoms with Gasteiger partial charge in [-0.3, -0.25) is 4.79 Å². The predicted octanol–water partition coefficient (Wildman–Crippen LogP) is 11.1. The van der Waals surface area contributed by atoms with Crippen molar-refractivity contribution < 1.29 is 50.0 Å². The van der Waals surface area contributed by atoms with Gasteiger partial charge in [-0.1, -0.05) is 204 Å². The summed E-state index contributed by atoms with van der Waals surface area (Å²) in [6, 6.07) is -1.19. The summed E-state index contributed by atoms with van der Waals surface area (Å²) in [5, 5.41) is 76.0. The minimum absolute atomic E-state index is 0.245. The zero-order chi connectivity index (χ0) is 49.0. The van der Waals surface area contributed by atoms with Gasteiger partial charge in [0.15, 0.2) is 6.29 Å². The van der Waals surface area contributed by atoms with E-state index in [1.165, 1.54) is 154 Å². The molecule has 9 atom stereocenters. The van der Waals surface area contributed by atoms with Gasteiger partial charge in [0.2, 0.25) is 5.91 Å². The van der Waals surface area contributed by atoms with Gasteiger partial charge in [-0.05, 0) is 77.0 Å². The Morgan fingerprint density at radius 3 is 1.33 bits per heavy atom. The molecule has 1 rings (SSSR count). The summed E-state index contributed by atoms with van der Waals surface area (Å²) in [6.07, 6.45) is 43.4. The van der Waals surface area contributed by atoms with Crippen LogP contribution in [0, 0.1) is 0 Å². The molecule has 1 saturated heterocycles. The normalized spacial score (nSPS) is 20.9. The predicted molar refractivity (Wildman–Crippen MR) is 275 cm³/mol. The third-order valence-electron chi connectivity index (χ3n) is 13.4. The van der Waals surface area contributed by atoms with Crippen LogP contribution >= 0.6 is 0 Å². The maximum atomic E-state index is 13.2. The highest BCUT2D eigenvalue weighted by Gasteiger charge is 2.44. The molecule has 0 aromatic carbocycles. The van der Waals surface area contributed by atoms with E-state index in [9.17, 15) is 40.5 Å². The number of allylic oxidation sites excluding steroid dienone is 6. The summed E-state index contributed by atoms with van der Waals surface area (Å²) in [4.78, 5) is 13.2. The van der Waals surface area contributed by atoms with Gasteiger partial charge in [-0.2, -0.15) is 0 Å². The van der Waals surface area contributed by atoms with Crippen molar-refractivity contribution in [3.05, 3.63) is 36.5 Å². The van der Waals surface area contributed by atoms with Crippen molar-refractivity contribution in [1.82, 2.24) is 5.32 Å². The average Bonchev–Trinajstić information content (AvgIpc) is 3.33. The molecule has 0 saturated carbocycles. The Kier molecular flexibility index (Phi) is 43.0. The molecule has 394 valence electrons. The lowest BCUT2D eigenvalue weighted by molar-refractivity contribution is -0.303. The maximum Gasteiger partial charge on any atom is 0.249 e. The number of aliphatic hydroxyl groups is 7. The molecule has 0 aromatic heterocycles. The Morgan fingerprint density at radius 2 is 0.896 bits per heavy atom. The molecule has 1 amide bonds. The summed E-state index contributed by atoms with van der Waals surface area (Å²) in [6.45, 7) is 3.44. The lowest BCUT2D eigenvalue weighted by atomic mass is 9.98. The fourth-order valence-corrected chi connectivity index (χ4v) is 8.81. The second kappa shape index (κ2) is 45.5. The number of unbranched alkanes of at least 4 members (excludes halogenated alkanes) is 29. The Morgan fingerprint density at radius 1 is 0.507 bits per heavy atom. The van der Waals surface area contributed by atoms with Gasteiger partial charge in [-0.25, -0.2) is 0 Å². The van der Waals surface area contributed by atoms with Gasteiger partial charge in [0.05, 0.1) is 25.4 Å². The molecule has 67 heavy (non-hydrogen) atoms. The van der Waals surface area contributed by atoms with Crippen LogP contribution in [0.4, 0.5) is 0 Å². The Balaban J connectivity index is 2.36. The van der Waals surface area contributed by atoms with E-state index < -0.39 is 74.2 Å². The summed E-state index contributed by atoms with van der Waals surface area (Å²) in [5.74, 6) is -0.713. The smallest absolute Gasteiger partial charge is 0.249 e. The summed E-state index contributed by atoms with van der Waals surface area (Å²) in [5.41, 5.74) is 0. The third-order valence-corrected chi connectivity index (χ3v) is 13.4. The molecule has 11 nitrogen and oxygen atoms in total. The second-order valence-electron chi connectivity index (χ2n) is 19.6. The fraction of sp³-hybridized carbons (Fsp3) is 0.875. The number of amides is 1. The quantitative estimate of drug-likeness (QED) is 0.0215. The van der Waals surface area contributed by atoms with E-state index in [1.54, 1.807) is 0 Å². The standard InChI is InChI=1S/C56H105NO10/c1-3-5-7-9-11-13-15-17-19-21-22-23-24-25-26-28-30-32-34-36-38-40-42-44-49(60)55(65)57-47(46-66-56-54(64)53(63)52(62)50(45-58)67-56)51(61)48(59)43-41-39-37-35-33-31-29-27-20-18-16-14-12-10-8-6-4-2/h25-27,29,35,37,47-54,56,58-64H,3-24,28,30-34,36,38-46H2,1-2H3,(H,57,65)/b26-25-,29-27+,37-35+. The Bertz CT molecular complexity index is 1180. The topological polar surface area (TPSA) is 189 Å². The molecule has 0 aromatic rings. The highest BCUT2D eigenvalue weighted by molar-refractivity contribution is 5.80. The molecule has 1 fully saturated rings. The van der Waals surface area contributed by atoms with Gasteiger partial charge in [-0.15, -0.1) is 0 Å². The van der Waals surface area contributed by atoms with Crippen LogP contribution < -0.4 is 5.32 Å². The Labute approximate surface area is 409 Å². The van der Waals surface area contributed by atoms with Crippen LogP contribution in [0.3, 0.4) is 0 Å². The first kappa shape index (κ1) is 63.3. The molecule has 1 heterocycles. The number of ether oxygens (including phenoxy) is 2. The van der Waals surface area contributed by atoms with Gasteiger partial charge < -0.3 is 50.5 Å². The second-order valence-corrected chi connectivity index (χ2v) is 19.6. The molecular weight excluding hydrogens is 847 g/mol. The van der Waals surface area contributed by atoms with Crippen LogP contribution in [0.25, 0.3) is 0 Å². The lowest BCUT2D eigenvalue weighted by Crippen LogP contribution is -2.60. The van der Waals surface area contributed by atoms with E-state index in [1.807, 2.05) is 0 Å². The number of carbonyl (C=O) groups is 1. The van der Waals surface area contributed by atoms with E-state index >= 15 is 0 Å². The van der Waals surface area contributed by atoms with Crippen molar-refractivity contribution in [2.45, 2.75) is 300 Å². The first-order chi connectivity index (χ1) is 32.7. The largest absolute Gasteiger partial charge is 0.394 e. The first-order valence-electron chi connectivity index (χ1n) is 27.9. The van der Waals surface area contributed by atoms with Crippen molar-refractivity contribution in [2.75, 3.05) is 13.2 Å². The SMILES string of the molecule is CCCCCCCCCC/C=C/CC/C=C/CCCC(O)C(O)C(COC1OC(CO)C(O)C(O)C1O)NC(=O)C(O)CCCCCCCCC/C=C\CCCCCCCCCCCCCC. The number of hydrogen-bond acceptors (Lipinski definition) is 10. The highest BCUT2D eigenvalue weighted by Crippen LogP contribution is 2.23. The van der Waals surface area contributed by atoms with Gasteiger partial charge in [0.1, 0.15) is 36.6 Å². The van der Waals surface area contributed by atoms with Crippen molar-refractivity contribution in [2.24, 2.45) is 0 Å². The molecule has 0 aliphatic carbocycles. The minimum Gasteiger partial charge on any atom is -0.394 e. The zero-order valence-electron chi connectivity index (χ0n) is 42.9. The molecule has 0 bridgehead atoms. The van der Waals surface area contributed by atoms with E-state index in [0.717, 1.165) is 44.9 Å². The Hall–Kier alpha value is -1.67. The van der Waals surface area contributed by atoms with Crippen LogP contribution in [0.2, 0.25) is 0 Å². The monoisotopic (exact) mass is 952 g/mol. The fourth-order valence-electron chi connectivity index (χ4n) is 8.81. The minimum atomic E-state index is -1.67. The van der Waals surface area contributed by atoms with Crippen molar-refractivity contribution in [1.29, 1.82) is 0 Å². The van der Waals surface area contributed by atoms with Crippen molar-refractivity contribution in [3.63, 3.8) is 0 Å². The molecule has 0 radical (unpaired) electrons. The third kappa shape index (κ3) is 34.3. The van der Waals surface area contributed by atoms with Gasteiger partial charge in [0.25, 0.3) is 0 Å². The van der Waals surface area contributed by atoms with E-state index in [0.29, 0.717) is 19.3 Å². The zero-order valence-corrected chi connectivity index (χ0v) is 42.9. The summed E-state index contributed by atoms with van der Waals surface area (Å²) < 4.78 is 11.1. The van der Waals surface area contributed by atoms with Gasteiger partial charge in [0, 0.05) is 0 Å². The van der Waals surface area contributed by atoms with Crippen LogP contribution in [0.5, 0.6) is 0 Å². The molecule has 9 unspecified atom stereocenters. The van der Waals surface area contributed by atoms with Crippen LogP contribution in [-0.2, 0) is 14.3 Å². The van der Waals surface area contributed by atoms with E-state index in [-0.39, 0.29) is 12.8 Å². The molecule has 8 N–H and O–H groups in total. The number of hydrogen-bond donors (Lipinski definition) is 8. The molecule has 0 spiro atoms. The van der Waals surface area contributed by atoms with Crippen molar-refractivity contribution in [3.8, 4) is 0 Å². The van der Waals surface area contributed by atoms with Crippen molar-refractivity contribution >= 4 is 5.91 Å². The van der Waals surface area contributed by atoms with E-state index in [4.69, 9.17) is 9.47 Å². The molecular formula is C56H105NO10. The first-order valence-corrected chi connectivity index (χ1v) is 27.9. The molecule has 1 aliphatic heterocycles. The molecule has 1 aliphatic rings. The lowest BCUT2D eigenvalue weighted by Gasteiger charge is -2.40. The maximum absolute atomic E-state index is 13.2. The average molecular weight is 952 g/mol. The van der Waals surface area contributed by atoms with Crippen LogP contribution in [-0.4, -0.2) is 110 Å². The number of carbonyl (C=O) groups excluding carboxylic acids is 1. The van der Waals surface area contributed by atoms with Crippen LogP contribution in [0.1, 0.15) is 245 Å². The molecule has 11 heteroatoms. The van der Waals surface area contributed by atoms with Crippen LogP contribution in [0.15, 0.2) is 36.5 Å². The van der Waals surface area contributed by atoms with Gasteiger partial charge >= 0.3 is 0 Å².